The number of imidazole rings is 1. The van der Waals surface area contributed by atoms with Gasteiger partial charge in [0.25, 0.3) is 0 Å². The van der Waals surface area contributed by atoms with E-state index in [0.717, 1.165) is 17.5 Å². The standard InChI is InChI=1S/C17H24N4O3/c1-3-10-20-13-7-5-6-8-14(13)21(17(20)24)11-9-15(22)19-12-16(23)18-4-2/h5-8H,3-4,9-12H2,1-2H3,(H,18,23)(H,19,22). The van der Waals surface area contributed by atoms with E-state index in [-0.39, 0.29) is 37.0 Å². The summed E-state index contributed by atoms with van der Waals surface area (Å²) in [5.41, 5.74) is 1.61. The largest absolute Gasteiger partial charge is 0.355 e. The summed E-state index contributed by atoms with van der Waals surface area (Å²) in [4.78, 5) is 35.8. The first kappa shape index (κ1) is 17.8. The minimum atomic E-state index is -0.250. The van der Waals surface area contributed by atoms with Crippen molar-refractivity contribution in [2.75, 3.05) is 13.1 Å². The van der Waals surface area contributed by atoms with Crippen LogP contribution in [0.5, 0.6) is 0 Å². The van der Waals surface area contributed by atoms with Crippen LogP contribution >= 0.6 is 0 Å². The molecule has 0 bridgehead atoms. The fourth-order valence-corrected chi connectivity index (χ4v) is 2.67. The van der Waals surface area contributed by atoms with Crippen molar-refractivity contribution in [1.82, 2.24) is 19.8 Å². The summed E-state index contributed by atoms with van der Waals surface area (Å²) >= 11 is 0. The van der Waals surface area contributed by atoms with Crippen LogP contribution in [0, 0.1) is 0 Å². The molecule has 0 aliphatic rings. The van der Waals surface area contributed by atoms with Crippen molar-refractivity contribution in [2.45, 2.75) is 39.8 Å². The molecule has 7 nitrogen and oxygen atoms in total. The Morgan fingerprint density at radius 2 is 1.58 bits per heavy atom. The van der Waals surface area contributed by atoms with Gasteiger partial charge < -0.3 is 10.6 Å². The number of carbonyl (C=O) groups is 2. The molecule has 0 unspecified atom stereocenters. The van der Waals surface area contributed by atoms with Crippen molar-refractivity contribution in [3.05, 3.63) is 34.7 Å². The van der Waals surface area contributed by atoms with Crippen LogP contribution < -0.4 is 16.3 Å². The van der Waals surface area contributed by atoms with E-state index in [1.54, 1.807) is 9.13 Å². The van der Waals surface area contributed by atoms with Crippen LogP contribution in [0.25, 0.3) is 11.0 Å². The lowest BCUT2D eigenvalue weighted by molar-refractivity contribution is -0.126. The number of rotatable bonds is 8. The molecule has 0 atom stereocenters. The van der Waals surface area contributed by atoms with Crippen molar-refractivity contribution >= 4 is 22.8 Å². The van der Waals surface area contributed by atoms with E-state index in [2.05, 4.69) is 10.6 Å². The molecule has 0 aliphatic heterocycles. The third-order valence-corrected chi connectivity index (χ3v) is 3.75. The summed E-state index contributed by atoms with van der Waals surface area (Å²) in [6.45, 7) is 5.26. The molecule has 2 amide bonds. The molecule has 2 N–H and O–H groups in total. The molecule has 0 spiro atoms. The zero-order chi connectivity index (χ0) is 17.5. The van der Waals surface area contributed by atoms with Crippen LogP contribution in [-0.4, -0.2) is 34.0 Å². The lowest BCUT2D eigenvalue weighted by Gasteiger charge is -2.06. The SMILES string of the molecule is CCCn1c(=O)n(CCC(=O)NCC(=O)NCC)c2ccccc21. The van der Waals surface area contributed by atoms with E-state index in [9.17, 15) is 14.4 Å². The number of hydrogen-bond acceptors (Lipinski definition) is 3. The Morgan fingerprint density at radius 1 is 0.958 bits per heavy atom. The van der Waals surface area contributed by atoms with Gasteiger partial charge in [0.1, 0.15) is 0 Å². The van der Waals surface area contributed by atoms with E-state index in [1.165, 1.54) is 0 Å². The normalized spacial score (nSPS) is 10.8. The van der Waals surface area contributed by atoms with Crippen LogP contribution in [0.15, 0.2) is 29.1 Å². The maximum Gasteiger partial charge on any atom is 0.329 e. The molecule has 2 aromatic rings. The molecule has 2 rings (SSSR count). The maximum atomic E-state index is 12.6. The highest BCUT2D eigenvalue weighted by Gasteiger charge is 2.13. The number of aryl methyl sites for hydroxylation is 2. The average Bonchev–Trinajstić information content (AvgIpc) is 2.84. The van der Waals surface area contributed by atoms with Gasteiger partial charge in [0, 0.05) is 26.1 Å². The number of amides is 2. The fourth-order valence-electron chi connectivity index (χ4n) is 2.67. The predicted molar refractivity (Wildman–Crippen MR) is 92.8 cm³/mol. The van der Waals surface area contributed by atoms with E-state index in [1.807, 2.05) is 38.1 Å². The first-order valence-corrected chi connectivity index (χ1v) is 8.30. The lowest BCUT2D eigenvalue weighted by Crippen LogP contribution is -2.37. The number of carbonyl (C=O) groups excluding carboxylic acids is 2. The second kappa shape index (κ2) is 8.33. The summed E-state index contributed by atoms with van der Waals surface area (Å²) in [5, 5.41) is 5.18. The van der Waals surface area contributed by atoms with Gasteiger partial charge in [-0.1, -0.05) is 19.1 Å². The highest BCUT2D eigenvalue weighted by atomic mass is 16.2. The number of fused-ring (bicyclic) bond motifs is 1. The topological polar surface area (TPSA) is 85.1 Å². The second-order valence-corrected chi connectivity index (χ2v) is 5.55. The quantitative estimate of drug-likeness (QED) is 0.752. The Kier molecular flexibility index (Phi) is 6.17. The summed E-state index contributed by atoms with van der Waals surface area (Å²) in [7, 11) is 0. The predicted octanol–water partition coefficient (Wildman–Crippen LogP) is 0.855. The molecule has 0 radical (unpaired) electrons. The molecular formula is C17H24N4O3. The monoisotopic (exact) mass is 332 g/mol. The van der Waals surface area contributed by atoms with Crippen molar-refractivity contribution in [3.63, 3.8) is 0 Å². The lowest BCUT2D eigenvalue weighted by atomic mass is 10.3. The van der Waals surface area contributed by atoms with Gasteiger partial charge in [-0.15, -0.1) is 0 Å². The molecule has 130 valence electrons. The molecule has 1 aromatic carbocycles. The Bertz CT molecular complexity index is 776. The van der Waals surface area contributed by atoms with Crippen LogP contribution in [0.4, 0.5) is 0 Å². The smallest absolute Gasteiger partial charge is 0.329 e. The van der Waals surface area contributed by atoms with Gasteiger partial charge in [0.15, 0.2) is 0 Å². The molecule has 0 saturated carbocycles. The maximum absolute atomic E-state index is 12.6. The van der Waals surface area contributed by atoms with Gasteiger partial charge in [0.2, 0.25) is 11.8 Å². The molecule has 7 heteroatoms. The third kappa shape index (κ3) is 4.04. The molecular weight excluding hydrogens is 308 g/mol. The van der Waals surface area contributed by atoms with Gasteiger partial charge in [0.05, 0.1) is 17.6 Å². The Balaban J connectivity index is 2.07. The second-order valence-electron chi connectivity index (χ2n) is 5.55. The summed E-state index contributed by atoms with van der Waals surface area (Å²) in [6, 6.07) is 7.58. The average molecular weight is 332 g/mol. The van der Waals surface area contributed by atoms with Crippen LogP contribution in [0.2, 0.25) is 0 Å². The fraction of sp³-hybridized carbons (Fsp3) is 0.471. The Hall–Kier alpha value is -2.57. The number of benzene rings is 1. The first-order chi connectivity index (χ1) is 11.6. The number of nitrogens with zero attached hydrogens (tertiary/aromatic N) is 2. The van der Waals surface area contributed by atoms with Crippen molar-refractivity contribution < 1.29 is 9.59 Å². The van der Waals surface area contributed by atoms with Gasteiger partial charge in [-0.05, 0) is 25.5 Å². The van der Waals surface area contributed by atoms with E-state index in [0.29, 0.717) is 13.1 Å². The van der Waals surface area contributed by atoms with Crippen LogP contribution in [0.1, 0.15) is 26.7 Å². The van der Waals surface area contributed by atoms with E-state index >= 15 is 0 Å². The van der Waals surface area contributed by atoms with Gasteiger partial charge in [-0.25, -0.2) is 4.79 Å². The minimum Gasteiger partial charge on any atom is -0.355 e. The Labute approximate surface area is 140 Å². The Morgan fingerprint density at radius 3 is 2.17 bits per heavy atom. The van der Waals surface area contributed by atoms with Crippen molar-refractivity contribution in [2.24, 2.45) is 0 Å². The summed E-state index contributed by atoms with van der Waals surface area (Å²) < 4.78 is 3.36. The minimum absolute atomic E-state index is 0.0425. The molecule has 0 aliphatic carbocycles. The zero-order valence-corrected chi connectivity index (χ0v) is 14.2. The molecule has 24 heavy (non-hydrogen) atoms. The van der Waals surface area contributed by atoms with E-state index in [4.69, 9.17) is 0 Å². The van der Waals surface area contributed by atoms with Gasteiger partial charge >= 0.3 is 5.69 Å². The van der Waals surface area contributed by atoms with Crippen LogP contribution in [0.3, 0.4) is 0 Å². The molecule has 0 saturated heterocycles. The number of hydrogen-bond donors (Lipinski definition) is 2. The van der Waals surface area contributed by atoms with Gasteiger partial charge in [-0.2, -0.15) is 0 Å². The number of aromatic nitrogens is 2. The summed E-state index contributed by atoms with van der Waals surface area (Å²) in [6.07, 6.45) is 1.01. The summed E-state index contributed by atoms with van der Waals surface area (Å²) in [5.74, 6) is -0.469. The highest BCUT2D eigenvalue weighted by Crippen LogP contribution is 2.13. The van der Waals surface area contributed by atoms with Crippen molar-refractivity contribution in [3.8, 4) is 0 Å². The molecule has 0 fully saturated rings. The van der Waals surface area contributed by atoms with Gasteiger partial charge in [-0.3, -0.25) is 18.7 Å². The van der Waals surface area contributed by atoms with Crippen molar-refractivity contribution in [1.29, 1.82) is 0 Å². The van der Waals surface area contributed by atoms with E-state index < -0.39 is 0 Å². The number of nitrogens with one attached hydrogen (secondary N) is 2. The third-order valence-electron chi connectivity index (χ3n) is 3.75. The first-order valence-electron chi connectivity index (χ1n) is 8.30. The molecule has 1 heterocycles. The van der Waals surface area contributed by atoms with Crippen LogP contribution in [-0.2, 0) is 22.7 Å². The number of likely N-dealkylation sites (N-methyl/N-ethyl adjacent to an activating group) is 1. The zero-order valence-electron chi connectivity index (χ0n) is 14.2. The highest BCUT2D eigenvalue weighted by molar-refractivity contribution is 5.84. The molecule has 1 aromatic heterocycles. The number of para-hydroxylation sites is 2.